The summed E-state index contributed by atoms with van der Waals surface area (Å²) in [6, 6.07) is 35.4. The Labute approximate surface area is 236 Å². The van der Waals surface area contributed by atoms with Gasteiger partial charge in [-0.15, -0.1) is 0 Å². The van der Waals surface area contributed by atoms with Crippen LogP contribution < -0.4 is 5.73 Å². The summed E-state index contributed by atoms with van der Waals surface area (Å²) < 4.78 is 0. The number of phenols is 1. The largest absolute Gasteiger partial charge is 0.508 e. The lowest BCUT2D eigenvalue weighted by atomic mass is 9.89. The van der Waals surface area contributed by atoms with E-state index in [0.717, 1.165) is 29.8 Å². The fourth-order valence-electron chi connectivity index (χ4n) is 5.05. The topological polar surface area (TPSA) is 86.9 Å². The molecule has 0 heterocycles. The molecule has 0 aliphatic carbocycles. The number of amides is 2. The second-order valence-electron chi connectivity index (χ2n) is 10.2. The summed E-state index contributed by atoms with van der Waals surface area (Å²) in [6.45, 7) is 1.74. The Morgan fingerprint density at radius 1 is 0.725 bits per heavy atom. The number of aromatic hydroxyl groups is 1. The molecule has 0 fully saturated rings. The molecule has 4 aromatic carbocycles. The van der Waals surface area contributed by atoms with E-state index in [0.29, 0.717) is 12.8 Å². The Bertz CT molecular complexity index is 1310. The number of benzene rings is 4. The second kappa shape index (κ2) is 14.1. The van der Waals surface area contributed by atoms with Gasteiger partial charge in [0.2, 0.25) is 11.8 Å². The van der Waals surface area contributed by atoms with Crippen molar-refractivity contribution in [3.63, 3.8) is 0 Å². The molecular formula is C34H37N3O3. The van der Waals surface area contributed by atoms with Gasteiger partial charge in [0.25, 0.3) is 0 Å². The van der Waals surface area contributed by atoms with Gasteiger partial charge in [0.05, 0.1) is 5.92 Å². The highest BCUT2D eigenvalue weighted by Gasteiger charge is 2.34. The summed E-state index contributed by atoms with van der Waals surface area (Å²) >= 11 is 0. The molecule has 40 heavy (non-hydrogen) atoms. The molecule has 4 aromatic rings. The average Bonchev–Trinajstić information content (AvgIpc) is 2.97. The van der Waals surface area contributed by atoms with E-state index < -0.39 is 17.9 Å². The van der Waals surface area contributed by atoms with Crippen molar-refractivity contribution in [3.8, 4) is 5.75 Å². The molecule has 6 heteroatoms. The van der Waals surface area contributed by atoms with Gasteiger partial charge in [0, 0.05) is 13.1 Å². The monoisotopic (exact) mass is 535 g/mol. The number of rotatable bonds is 13. The number of hydrogen-bond acceptors (Lipinski definition) is 4. The van der Waals surface area contributed by atoms with Crippen LogP contribution in [0.1, 0.15) is 41.0 Å². The zero-order chi connectivity index (χ0) is 28.3. The number of carbonyl (C=O) groups excluding carboxylic acids is 2. The van der Waals surface area contributed by atoms with E-state index in [1.807, 2.05) is 85.9 Å². The normalized spacial score (nSPS) is 11.9. The lowest BCUT2D eigenvalue weighted by Gasteiger charge is -2.34. The van der Waals surface area contributed by atoms with Gasteiger partial charge in [-0.3, -0.25) is 9.59 Å². The van der Waals surface area contributed by atoms with Crippen LogP contribution in [0.5, 0.6) is 5.75 Å². The molecule has 0 saturated carbocycles. The lowest BCUT2D eigenvalue weighted by Crippen LogP contribution is -2.49. The first-order valence-electron chi connectivity index (χ1n) is 13.6. The van der Waals surface area contributed by atoms with Crippen LogP contribution in [0.15, 0.2) is 115 Å². The highest BCUT2D eigenvalue weighted by atomic mass is 16.3. The third-order valence-electron chi connectivity index (χ3n) is 7.10. The van der Waals surface area contributed by atoms with E-state index in [4.69, 9.17) is 5.73 Å². The van der Waals surface area contributed by atoms with Crippen molar-refractivity contribution in [1.82, 2.24) is 9.80 Å². The number of carbonyl (C=O) groups is 2. The van der Waals surface area contributed by atoms with Crippen LogP contribution in [0, 0.1) is 0 Å². The summed E-state index contributed by atoms with van der Waals surface area (Å²) in [4.78, 5) is 31.2. The molecule has 4 rings (SSSR count). The van der Waals surface area contributed by atoms with Gasteiger partial charge in [0.1, 0.15) is 11.8 Å². The standard InChI is InChI=1S/C34H37N3O3/c1-36(24-26-12-5-2-6-13-26)23-11-18-31(33(35)39)37(25-27-19-21-30(38)22-20-27)34(40)32(28-14-7-3-8-15-28)29-16-9-4-10-17-29/h2-10,12-17,19-22,31-32,38H,11,18,23-25H2,1H3,(H2,35,39)/t31-/m1/s1. The maximum Gasteiger partial charge on any atom is 0.240 e. The van der Waals surface area contributed by atoms with Gasteiger partial charge in [-0.1, -0.05) is 103 Å². The van der Waals surface area contributed by atoms with E-state index in [1.165, 1.54) is 5.56 Å². The van der Waals surface area contributed by atoms with Crippen molar-refractivity contribution in [2.45, 2.75) is 37.9 Å². The van der Waals surface area contributed by atoms with E-state index >= 15 is 0 Å². The molecule has 0 bridgehead atoms. The molecule has 1 atom stereocenters. The SMILES string of the molecule is CN(CCC[C@H](C(N)=O)N(Cc1ccc(O)cc1)C(=O)C(c1ccccc1)c1ccccc1)Cc1ccccc1. The third kappa shape index (κ3) is 7.80. The fourth-order valence-corrected chi connectivity index (χ4v) is 5.05. The predicted octanol–water partition coefficient (Wildman–Crippen LogP) is 5.32. The van der Waals surface area contributed by atoms with Crippen LogP contribution in [0.25, 0.3) is 0 Å². The van der Waals surface area contributed by atoms with Gasteiger partial charge in [-0.25, -0.2) is 0 Å². The summed E-state index contributed by atoms with van der Waals surface area (Å²) in [5.41, 5.74) is 9.70. The highest BCUT2D eigenvalue weighted by molar-refractivity contribution is 5.92. The molecule has 0 spiro atoms. The van der Waals surface area contributed by atoms with E-state index in [9.17, 15) is 14.7 Å². The number of phenolic OH excluding ortho intramolecular Hbond substituents is 1. The summed E-state index contributed by atoms with van der Waals surface area (Å²) in [5.74, 6) is -1.17. The van der Waals surface area contributed by atoms with E-state index in [1.54, 1.807) is 29.2 Å². The molecular weight excluding hydrogens is 498 g/mol. The van der Waals surface area contributed by atoms with Crippen molar-refractivity contribution in [1.29, 1.82) is 0 Å². The molecule has 0 unspecified atom stereocenters. The highest BCUT2D eigenvalue weighted by Crippen LogP contribution is 2.29. The van der Waals surface area contributed by atoms with Crippen LogP contribution in [0.2, 0.25) is 0 Å². The Morgan fingerprint density at radius 3 is 1.75 bits per heavy atom. The molecule has 0 saturated heterocycles. The van der Waals surface area contributed by atoms with Crippen LogP contribution >= 0.6 is 0 Å². The summed E-state index contributed by atoms with van der Waals surface area (Å²) in [5, 5.41) is 9.80. The third-order valence-corrected chi connectivity index (χ3v) is 7.10. The number of primary amides is 1. The van der Waals surface area contributed by atoms with Crippen LogP contribution in [-0.4, -0.2) is 46.4 Å². The van der Waals surface area contributed by atoms with E-state index in [-0.39, 0.29) is 18.2 Å². The summed E-state index contributed by atoms with van der Waals surface area (Å²) in [7, 11) is 2.05. The average molecular weight is 536 g/mol. The molecule has 0 aliphatic heterocycles. The molecule has 6 nitrogen and oxygen atoms in total. The maximum atomic E-state index is 14.5. The van der Waals surface area contributed by atoms with Gasteiger partial charge < -0.3 is 20.6 Å². The summed E-state index contributed by atoms with van der Waals surface area (Å²) in [6.07, 6.45) is 1.13. The minimum atomic E-state index is -0.790. The minimum Gasteiger partial charge on any atom is -0.508 e. The number of hydrogen-bond donors (Lipinski definition) is 2. The van der Waals surface area contributed by atoms with Crippen LogP contribution in [0.4, 0.5) is 0 Å². The quantitative estimate of drug-likeness (QED) is 0.243. The van der Waals surface area contributed by atoms with Crippen molar-refractivity contribution < 1.29 is 14.7 Å². The van der Waals surface area contributed by atoms with Crippen molar-refractivity contribution in [2.75, 3.05) is 13.6 Å². The molecule has 206 valence electrons. The van der Waals surface area contributed by atoms with Crippen LogP contribution in [-0.2, 0) is 22.7 Å². The molecule has 0 aromatic heterocycles. The first-order valence-corrected chi connectivity index (χ1v) is 13.6. The minimum absolute atomic E-state index is 0.140. The van der Waals surface area contributed by atoms with Gasteiger partial charge in [-0.2, -0.15) is 0 Å². The van der Waals surface area contributed by atoms with Gasteiger partial charge >= 0.3 is 0 Å². The number of nitrogens with two attached hydrogens (primary N) is 1. The zero-order valence-electron chi connectivity index (χ0n) is 22.9. The maximum absolute atomic E-state index is 14.5. The van der Waals surface area contributed by atoms with Crippen molar-refractivity contribution in [2.24, 2.45) is 5.73 Å². The molecule has 0 radical (unpaired) electrons. The lowest BCUT2D eigenvalue weighted by molar-refractivity contribution is -0.141. The van der Waals surface area contributed by atoms with Crippen LogP contribution in [0.3, 0.4) is 0 Å². The predicted molar refractivity (Wildman–Crippen MR) is 158 cm³/mol. The Kier molecular flexibility index (Phi) is 10.1. The van der Waals surface area contributed by atoms with Crippen molar-refractivity contribution >= 4 is 11.8 Å². The fraction of sp³-hybridized carbons (Fsp3) is 0.235. The first kappa shape index (κ1) is 28.6. The first-order chi connectivity index (χ1) is 19.4. The van der Waals surface area contributed by atoms with Crippen molar-refractivity contribution in [3.05, 3.63) is 138 Å². The number of nitrogens with zero attached hydrogens (tertiary/aromatic N) is 2. The molecule has 3 N–H and O–H groups in total. The zero-order valence-corrected chi connectivity index (χ0v) is 22.9. The second-order valence-corrected chi connectivity index (χ2v) is 10.2. The molecule has 2 amide bonds. The van der Waals surface area contributed by atoms with Gasteiger partial charge in [-0.05, 0) is 60.8 Å². The Balaban J connectivity index is 1.61. The Hall–Kier alpha value is -4.42. The van der Waals surface area contributed by atoms with E-state index in [2.05, 4.69) is 17.0 Å². The smallest absolute Gasteiger partial charge is 0.240 e. The molecule has 0 aliphatic rings. The van der Waals surface area contributed by atoms with Gasteiger partial charge in [0.15, 0.2) is 0 Å². The Morgan fingerprint density at radius 2 is 1.23 bits per heavy atom.